The summed E-state index contributed by atoms with van der Waals surface area (Å²) < 4.78 is 0. The third-order valence-electron chi connectivity index (χ3n) is 3.02. The van der Waals surface area contributed by atoms with Crippen molar-refractivity contribution in [3.63, 3.8) is 0 Å². The van der Waals surface area contributed by atoms with E-state index in [1.165, 1.54) is 23.8 Å². The molecule has 1 fully saturated rings. The summed E-state index contributed by atoms with van der Waals surface area (Å²) in [6.45, 7) is 4.26. The number of carbonyl (C=O) groups is 2. The minimum Gasteiger partial charge on any atom is -0.302 e. The summed E-state index contributed by atoms with van der Waals surface area (Å²) in [7, 11) is 0. The number of likely N-dealkylation sites (tertiary alicyclic amines) is 1. The number of piperidine rings is 1. The molecule has 0 aromatic carbocycles. The van der Waals surface area contributed by atoms with Crippen molar-refractivity contribution < 1.29 is 9.59 Å². The highest BCUT2D eigenvalue weighted by Crippen LogP contribution is 2.22. The van der Waals surface area contributed by atoms with Crippen LogP contribution >= 0.6 is 11.3 Å². The number of aromatic nitrogens is 1. The topological polar surface area (TPSA) is 62.3 Å². The Hall–Kier alpha value is -1.53. The highest BCUT2D eigenvalue weighted by molar-refractivity contribution is 7.15. The molecule has 1 aromatic rings. The Kier molecular flexibility index (Phi) is 4.81. The second-order valence-corrected chi connectivity index (χ2v) is 5.67. The highest BCUT2D eigenvalue weighted by atomic mass is 32.1. The van der Waals surface area contributed by atoms with E-state index in [4.69, 9.17) is 0 Å². The average Bonchev–Trinajstić information content (AvgIpc) is 2.78. The predicted molar refractivity (Wildman–Crippen MR) is 75.1 cm³/mol. The number of allylic oxidation sites excluding steroid dienone is 1. The molecular weight excluding hydrogens is 262 g/mol. The summed E-state index contributed by atoms with van der Waals surface area (Å²) in [6, 6.07) is 0. The van der Waals surface area contributed by atoms with Crippen LogP contribution in [0.15, 0.2) is 17.8 Å². The van der Waals surface area contributed by atoms with Gasteiger partial charge in [-0.15, -0.1) is 11.3 Å². The van der Waals surface area contributed by atoms with Gasteiger partial charge in [0.1, 0.15) is 6.29 Å². The number of carbonyl (C=O) groups excluding carboxylic acids is 2. The molecule has 1 aromatic heterocycles. The maximum absolute atomic E-state index is 10.9. The fourth-order valence-electron chi connectivity index (χ4n) is 2.07. The fourth-order valence-corrected chi connectivity index (χ4v) is 2.97. The van der Waals surface area contributed by atoms with E-state index in [2.05, 4.69) is 15.2 Å². The number of aldehydes is 1. The van der Waals surface area contributed by atoms with Crippen molar-refractivity contribution in [1.82, 2.24) is 9.88 Å². The summed E-state index contributed by atoms with van der Waals surface area (Å²) in [5.74, 6) is -0.0949. The number of nitrogens with zero attached hydrogens (tertiary/aromatic N) is 2. The van der Waals surface area contributed by atoms with Gasteiger partial charge < -0.3 is 5.32 Å². The van der Waals surface area contributed by atoms with Crippen LogP contribution in [0, 0.1) is 0 Å². The van der Waals surface area contributed by atoms with Crippen LogP contribution in [0.1, 0.15) is 24.6 Å². The van der Waals surface area contributed by atoms with Crippen LogP contribution in [0.4, 0.5) is 5.13 Å². The number of anilines is 1. The zero-order valence-corrected chi connectivity index (χ0v) is 11.7. The zero-order chi connectivity index (χ0) is 13.7. The normalized spacial score (nSPS) is 16.2. The predicted octanol–water partition coefficient (Wildman–Crippen LogP) is 1.82. The Morgan fingerprint density at radius 3 is 2.89 bits per heavy atom. The summed E-state index contributed by atoms with van der Waals surface area (Å²) in [4.78, 5) is 29.0. The Bertz CT molecular complexity index is 486. The maximum Gasteiger partial charge on any atom is 0.223 e. The number of rotatable bonds is 4. The lowest BCUT2D eigenvalue weighted by molar-refractivity contribution is -0.114. The van der Waals surface area contributed by atoms with Crippen LogP contribution in [-0.2, 0) is 16.1 Å². The first-order valence-corrected chi connectivity index (χ1v) is 7.07. The van der Waals surface area contributed by atoms with E-state index in [1.807, 2.05) is 6.20 Å². The molecule has 0 saturated carbocycles. The SMILES string of the molecule is CC(=O)Nc1ncc(CN2CCC(=CC=O)CC2)s1. The fraction of sp³-hybridized carbons (Fsp3) is 0.462. The molecule has 1 amide bonds. The van der Waals surface area contributed by atoms with Crippen molar-refractivity contribution in [2.24, 2.45) is 0 Å². The maximum atomic E-state index is 10.9. The third kappa shape index (κ3) is 4.25. The molecule has 0 aliphatic carbocycles. The molecule has 5 nitrogen and oxygen atoms in total. The summed E-state index contributed by atoms with van der Waals surface area (Å²) in [6.07, 6.45) is 6.27. The number of hydrogen-bond acceptors (Lipinski definition) is 5. The van der Waals surface area contributed by atoms with Gasteiger partial charge in [0.25, 0.3) is 0 Å². The lowest BCUT2D eigenvalue weighted by atomic mass is 10.0. The largest absolute Gasteiger partial charge is 0.302 e. The van der Waals surface area contributed by atoms with Crippen molar-refractivity contribution in [2.75, 3.05) is 18.4 Å². The third-order valence-corrected chi connectivity index (χ3v) is 3.92. The van der Waals surface area contributed by atoms with Crippen LogP contribution in [-0.4, -0.2) is 35.2 Å². The lowest BCUT2D eigenvalue weighted by Gasteiger charge is -2.27. The van der Waals surface area contributed by atoms with Crippen LogP contribution in [0.25, 0.3) is 0 Å². The van der Waals surface area contributed by atoms with E-state index >= 15 is 0 Å². The van der Waals surface area contributed by atoms with Gasteiger partial charge >= 0.3 is 0 Å². The number of amides is 1. The Morgan fingerprint density at radius 1 is 1.53 bits per heavy atom. The minimum atomic E-state index is -0.0949. The molecule has 1 saturated heterocycles. The van der Waals surface area contributed by atoms with Crippen LogP contribution < -0.4 is 5.32 Å². The first-order valence-electron chi connectivity index (χ1n) is 6.25. The van der Waals surface area contributed by atoms with E-state index in [1.54, 1.807) is 6.08 Å². The smallest absolute Gasteiger partial charge is 0.223 e. The van der Waals surface area contributed by atoms with Crippen LogP contribution in [0.3, 0.4) is 0 Å². The molecule has 19 heavy (non-hydrogen) atoms. The van der Waals surface area contributed by atoms with Gasteiger partial charge in [0, 0.05) is 37.6 Å². The second kappa shape index (κ2) is 6.58. The Labute approximate surface area is 116 Å². The zero-order valence-electron chi connectivity index (χ0n) is 10.9. The highest BCUT2D eigenvalue weighted by Gasteiger charge is 2.15. The first kappa shape index (κ1) is 13.9. The van der Waals surface area contributed by atoms with Crippen molar-refractivity contribution in [2.45, 2.75) is 26.3 Å². The molecule has 0 bridgehead atoms. The van der Waals surface area contributed by atoms with Crippen molar-refractivity contribution in [1.29, 1.82) is 0 Å². The van der Waals surface area contributed by atoms with Crippen LogP contribution in [0.2, 0.25) is 0 Å². The van der Waals surface area contributed by atoms with Gasteiger partial charge in [-0.05, 0) is 18.9 Å². The van der Waals surface area contributed by atoms with E-state index in [0.717, 1.165) is 43.6 Å². The molecule has 0 spiro atoms. The molecule has 6 heteroatoms. The number of thiazole rings is 1. The molecule has 1 aliphatic rings. The van der Waals surface area contributed by atoms with Gasteiger partial charge in [0.2, 0.25) is 5.91 Å². The minimum absolute atomic E-state index is 0.0949. The molecule has 1 N–H and O–H groups in total. The van der Waals surface area contributed by atoms with Gasteiger partial charge in [-0.25, -0.2) is 4.98 Å². The monoisotopic (exact) mass is 279 g/mol. The Morgan fingerprint density at radius 2 is 2.26 bits per heavy atom. The van der Waals surface area contributed by atoms with Crippen LogP contribution in [0.5, 0.6) is 0 Å². The summed E-state index contributed by atoms with van der Waals surface area (Å²) in [5, 5.41) is 3.34. The van der Waals surface area contributed by atoms with Crippen molar-refractivity contribution >= 4 is 28.7 Å². The first-order chi connectivity index (χ1) is 9.17. The molecule has 0 atom stereocenters. The van der Waals surface area contributed by atoms with Gasteiger partial charge in [0.05, 0.1) is 0 Å². The molecule has 0 unspecified atom stereocenters. The number of nitrogens with one attached hydrogen (secondary N) is 1. The molecule has 102 valence electrons. The van der Waals surface area contributed by atoms with Crippen molar-refractivity contribution in [3.05, 3.63) is 22.7 Å². The second-order valence-electron chi connectivity index (χ2n) is 4.55. The summed E-state index contributed by atoms with van der Waals surface area (Å²) in [5.41, 5.74) is 1.23. The van der Waals surface area contributed by atoms with Crippen molar-refractivity contribution in [3.8, 4) is 0 Å². The molecular formula is C13H17N3O2S. The number of hydrogen-bond donors (Lipinski definition) is 1. The van der Waals surface area contributed by atoms with E-state index in [-0.39, 0.29) is 5.91 Å². The Balaban J connectivity index is 1.85. The quantitative estimate of drug-likeness (QED) is 0.674. The average molecular weight is 279 g/mol. The van der Waals surface area contributed by atoms with E-state index in [9.17, 15) is 9.59 Å². The lowest BCUT2D eigenvalue weighted by Crippen LogP contribution is -2.29. The molecule has 2 rings (SSSR count). The van der Waals surface area contributed by atoms with Gasteiger partial charge in [-0.1, -0.05) is 5.57 Å². The van der Waals surface area contributed by atoms with Gasteiger partial charge in [-0.2, -0.15) is 0 Å². The van der Waals surface area contributed by atoms with E-state index < -0.39 is 0 Å². The molecule has 0 radical (unpaired) electrons. The van der Waals surface area contributed by atoms with Gasteiger partial charge in [-0.3, -0.25) is 14.5 Å². The molecule has 2 heterocycles. The molecule has 1 aliphatic heterocycles. The summed E-state index contributed by atoms with van der Waals surface area (Å²) >= 11 is 1.51. The van der Waals surface area contributed by atoms with E-state index in [0.29, 0.717) is 5.13 Å². The van der Waals surface area contributed by atoms with Gasteiger partial charge in [0.15, 0.2) is 5.13 Å². The standard InChI is InChI=1S/C13H17N3O2S/c1-10(18)15-13-14-8-12(19-13)9-16-5-2-11(3-6-16)4-7-17/h4,7-8H,2-3,5-6,9H2,1H3,(H,14,15,18).